The van der Waals surface area contributed by atoms with E-state index in [1.165, 1.54) is 6.42 Å². The van der Waals surface area contributed by atoms with E-state index in [1.54, 1.807) is 6.20 Å². The number of likely N-dealkylation sites (tertiary alicyclic amines) is 1. The normalized spacial score (nSPS) is 18.3. The van der Waals surface area contributed by atoms with Crippen LogP contribution >= 0.6 is 0 Å². The molecule has 1 fully saturated rings. The van der Waals surface area contributed by atoms with Crippen LogP contribution < -0.4 is 0 Å². The molecular formula is C17H25N5O. The Morgan fingerprint density at radius 1 is 1.39 bits per heavy atom. The molecule has 1 saturated heterocycles. The zero-order valence-electron chi connectivity index (χ0n) is 14.0. The molecule has 2 aromatic heterocycles. The third-order valence-corrected chi connectivity index (χ3v) is 4.57. The van der Waals surface area contributed by atoms with E-state index in [4.69, 9.17) is 0 Å². The summed E-state index contributed by atoms with van der Waals surface area (Å²) in [5.41, 5.74) is 3.24. The summed E-state index contributed by atoms with van der Waals surface area (Å²) in [6.07, 6.45) is 6.43. The van der Waals surface area contributed by atoms with Crippen LogP contribution in [0.1, 0.15) is 55.2 Å². The molecule has 1 amide bonds. The lowest BCUT2D eigenvalue weighted by atomic mass is 9.99. The van der Waals surface area contributed by atoms with Crippen molar-refractivity contribution >= 4 is 5.91 Å². The molecule has 1 aliphatic heterocycles. The summed E-state index contributed by atoms with van der Waals surface area (Å²) >= 11 is 0. The summed E-state index contributed by atoms with van der Waals surface area (Å²) < 4.78 is 1.99. The second-order valence-corrected chi connectivity index (χ2v) is 6.36. The van der Waals surface area contributed by atoms with Crippen LogP contribution in [0.5, 0.6) is 0 Å². The molecule has 1 unspecified atom stereocenters. The van der Waals surface area contributed by atoms with E-state index in [1.807, 2.05) is 22.6 Å². The SMILES string of the molecule is Cc1cc(C)n(CCCC(=O)N2CCCCC2c2ccn[nH]2)n1. The first kappa shape index (κ1) is 15.8. The lowest BCUT2D eigenvalue weighted by Gasteiger charge is -2.35. The van der Waals surface area contributed by atoms with Crippen molar-refractivity contribution in [2.45, 2.75) is 58.5 Å². The van der Waals surface area contributed by atoms with Crippen LogP contribution in [0.25, 0.3) is 0 Å². The van der Waals surface area contributed by atoms with Gasteiger partial charge in [0.25, 0.3) is 0 Å². The summed E-state index contributed by atoms with van der Waals surface area (Å²) in [7, 11) is 0. The lowest BCUT2D eigenvalue weighted by Crippen LogP contribution is -2.38. The second-order valence-electron chi connectivity index (χ2n) is 6.36. The van der Waals surface area contributed by atoms with Gasteiger partial charge in [-0.1, -0.05) is 0 Å². The number of piperidine rings is 1. The average molecular weight is 315 g/mol. The van der Waals surface area contributed by atoms with Crippen molar-refractivity contribution in [3.05, 3.63) is 35.4 Å². The number of aromatic nitrogens is 4. The fourth-order valence-electron chi connectivity index (χ4n) is 3.43. The molecule has 0 saturated carbocycles. The van der Waals surface area contributed by atoms with Crippen LogP contribution in [0.4, 0.5) is 0 Å². The Bertz CT molecular complexity index is 646. The zero-order valence-corrected chi connectivity index (χ0v) is 14.0. The highest BCUT2D eigenvalue weighted by molar-refractivity contribution is 5.76. The number of nitrogens with zero attached hydrogens (tertiary/aromatic N) is 4. The summed E-state index contributed by atoms with van der Waals surface area (Å²) in [5, 5.41) is 11.5. The van der Waals surface area contributed by atoms with Crippen molar-refractivity contribution in [2.75, 3.05) is 6.54 Å². The number of rotatable bonds is 5. The molecule has 0 aromatic carbocycles. The number of hydrogen-bond acceptors (Lipinski definition) is 3. The Labute approximate surface area is 136 Å². The molecule has 3 heterocycles. The fourth-order valence-corrected chi connectivity index (χ4v) is 3.43. The number of nitrogens with one attached hydrogen (secondary N) is 1. The zero-order chi connectivity index (χ0) is 16.2. The Hall–Kier alpha value is -2.11. The van der Waals surface area contributed by atoms with Gasteiger partial charge >= 0.3 is 0 Å². The molecule has 0 aliphatic carbocycles. The van der Waals surface area contributed by atoms with E-state index in [0.29, 0.717) is 6.42 Å². The third kappa shape index (κ3) is 3.63. The van der Waals surface area contributed by atoms with Gasteiger partial charge in [-0.3, -0.25) is 14.6 Å². The number of carbonyl (C=O) groups excluding carboxylic acids is 1. The Balaban J connectivity index is 1.57. The van der Waals surface area contributed by atoms with Gasteiger partial charge < -0.3 is 4.90 Å². The first-order valence-electron chi connectivity index (χ1n) is 8.45. The van der Waals surface area contributed by atoms with Crippen molar-refractivity contribution in [2.24, 2.45) is 0 Å². The number of amides is 1. The molecule has 3 rings (SSSR count). The predicted octanol–water partition coefficient (Wildman–Crippen LogP) is 2.76. The summed E-state index contributed by atoms with van der Waals surface area (Å²) in [4.78, 5) is 14.7. The van der Waals surface area contributed by atoms with Crippen molar-refractivity contribution in [3.63, 3.8) is 0 Å². The molecule has 1 N–H and O–H groups in total. The highest BCUT2D eigenvalue weighted by Gasteiger charge is 2.28. The fraction of sp³-hybridized carbons (Fsp3) is 0.588. The minimum Gasteiger partial charge on any atom is -0.334 e. The van der Waals surface area contributed by atoms with Crippen LogP contribution in [0.15, 0.2) is 18.3 Å². The quantitative estimate of drug-likeness (QED) is 0.922. The predicted molar refractivity (Wildman–Crippen MR) is 87.8 cm³/mol. The minimum atomic E-state index is 0.160. The molecule has 2 aromatic rings. The van der Waals surface area contributed by atoms with Crippen molar-refractivity contribution in [1.82, 2.24) is 24.9 Å². The largest absolute Gasteiger partial charge is 0.334 e. The van der Waals surface area contributed by atoms with Gasteiger partial charge in [0, 0.05) is 31.4 Å². The number of hydrogen-bond donors (Lipinski definition) is 1. The highest BCUT2D eigenvalue weighted by Crippen LogP contribution is 2.30. The van der Waals surface area contributed by atoms with Crippen LogP contribution in [0, 0.1) is 13.8 Å². The number of aryl methyl sites for hydroxylation is 3. The molecule has 6 nitrogen and oxygen atoms in total. The van der Waals surface area contributed by atoms with E-state index in [-0.39, 0.29) is 11.9 Å². The smallest absolute Gasteiger partial charge is 0.223 e. The molecule has 124 valence electrons. The van der Waals surface area contributed by atoms with Crippen LogP contribution in [-0.2, 0) is 11.3 Å². The Morgan fingerprint density at radius 2 is 2.26 bits per heavy atom. The summed E-state index contributed by atoms with van der Waals surface area (Å²) in [6, 6.07) is 4.21. The highest BCUT2D eigenvalue weighted by atomic mass is 16.2. The van der Waals surface area contributed by atoms with Gasteiger partial charge in [0.2, 0.25) is 5.91 Å². The van der Waals surface area contributed by atoms with Crippen molar-refractivity contribution in [1.29, 1.82) is 0 Å². The number of H-pyrrole nitrogens is 1. The standard InChI is InChI=1S/C17H25N5O/c1-13-12-14(2)22(20-13)11-5-7-17(23)21-10-4-3-6-16(21)15-8-9-18-19-15/h8-9,12,16H,3-7,10-11H2,1-2H3,(H,18,19). The second kappa shape index (κ2) is 6.98. The maximum absolute atomic E-state index is 12.6. The molecule has 0 spiro atoms. The molecule has 6 heteroatoms. The van der Waals surface area contributed by atoms with Gasteiger partial charge in [-0.05, 0) is 51.7 Å². The Morgan fingerprint density at radius 3 is 2.96 bits per heavy atom. The lowest BCUT2D eigenvalue weighted by molar-refractivity contribution is -0.135. The summed E-state index contributed by atoms with van der Waals surface area (Å²) in [6.45, 7) is 5.70. The first-order valence-corrected chi connectivity index (χ1v) is 8.45. The maximum atomic E-state index is 12.6. The van der Waals surface area contributed by atoms with Gasteiger partial charge in [-0.2, -0.15) is 10.2 Å². The van der Waals surface area contributed by atoms with E-state index < -0.39 is 0 Å². The van der Waals surface area contributed by atoms with E-state index in [9.17, 15) is 4.79 Å². The van der Waals surface area contributed by atoms with Gasteiger partial charge in [0.05, 0.1) is 17.4 Å². The first-order chi connectivity index (χ1) is 11.1. The molecule has 0 radical (unpaired) electrons. The van der Waals surface area contributed by atoms with Crippen LogP contribution in [0.2, 0.25) is 0 Å². The van der Waals surface area contributed by atoms with Gasteiger partial charge in [-0.25, -0.2) is 0 Å². The van der Waals surface area contributed by atoms with Crippen molar-refractivity contribution in [3.8, 4) is 0 Å². The minimum absolute atomic E-state index is 0.160. The van der Waals surface area contributed by atoms with E-state index in [2.05, 4.69) is 28.3 Å². The molecular weight excluding hydrogens is 290 g/mol. The molecule has 1 atom stereocenters. The van der Waals surface area contributed by atoms with Crippen LogP contribution in [-0.4, -0.2) is 37.3 Å². The third-order valence-electron chi connectivity index (χ3n) is 4.57. The topological polar surface area (TPSA) is 66.8 Å². The van der Waals surface area contributed by atoms with Gasteiger partial charge in [0.1, 0.15) is 0 Å². The van der Waals surface area contributed by atoms with E-state index >= 15 is 0 Å². The van der Waals surface area contributed by atoms with Crippen LogP contribution in [0.3, 0.4) is 0 Å². The summed E-state index contributed by atoms with van der Waals surface area (Å²) in [5.74, 6) is 0.242. The van der Waals surface area contributed by atoms with Gasteiger partial charge in [0.15, 0.2) is 0 Å². The van der Waals surface area contributed by atoms with Gasteiger partial charge in [-0.15, -0.1) is 0 Å². The molecule has 0 bridgehead atoms. The van der Waals surface area contributed by atoms with E-state index in [0.717, 1.165) is 49.4 Å². The molecule has 23 heavy (non-hydrogen) atoms. The number of carbonyl (C=O) groups is 1. The maximum Gasteiger partial charge on any atom is 0.223 e. The molecule has 1 aliphatic rings. The Kier molecular flexibility index (Phi) is 4.79. The number of aromatic amines is 1. The van der Waals surface area contributed by atoms with Crippen molar-refractivity contribution < 1.29 is 4.79 Å². The average Bonchev–Trinajstić information content (AvgIpc) is 3.17. The monoisotopic (exact) mass is 315 g/mol.